The summed E-state index contributed by atoms with van der Waals surface area (Å²) in [6.45, 7) is 4.13. The largest absolute Gasteiger partial charge is 0.459 e. The second-order valence-electron chi connectivity index (χ2n) is 5.97. The SMILES string of the molecule is CCCCCCCCCC(CC)OC(=O)c1cc(F)ccc1F. The van der Waals surface area contributed by atoms with Gasteiger partial charge in [-0.25, -0.2) is 13.6 Å². The van der Waals surface area contributed by atoms with E-state index in [9.17, 15) is 13.6 Å². The summed E-state index contributed by atoms with van der Waals surface area (Å²) in [5, 5.41) is 0. The van der Waals surface area contributed by atoms with Crippen LogP contribution in [0.1, 0.15) is 82.0 Å². The van der Waals surface area contributed by atoms with E-state index in [2.05, 4.69) is 6.92 Å². The summed E-state index contributed by atoms with van der Waals surface area (Å²) >= 11 is 0. The van der Waals surface area contributed by atoms with Gasteiger partial charge >= 0.3 is 5.97 Å². The Kier molecular flexibility index (Phi) is 9.49. The molecule has 1 atom stereocenters. The summed E-state index contributed by atoms with van der Waals surface area (Å²) in [6.07, 6.45) is 9.57. The molecule has 0 fully saturated rings. The third-order valence-corrected chi connectivity index (χ3v) is 4.01. The fourth-order valence-corrected chi connectivity index (χ4v) is 2.54. The average Bonchev–Trinajstić information content (AvgIpc) is 2.54. The molecule has 130 valence electrons. The Morgan fingerprint density at radius 2 is 1.70 bits per heavy atom. The van der Waals surface area contributed by atoms with E-state index in [-0.39, 0.29) is 11.7 Å². The van der Waals surface area contributed by atoms with Crippen molar-refractivity contribution < 1.29 is 18.3 Å². The first-order chi connectivity index (χ1) is 11.1. The Bertz CT molecular complexity index is 474. The third kappa shape index (κ3) is 7.58. The summed E-state index contributed by atoms with van der Waals surface area (Å²) in [5.74, 6) is -2.17. The van der Waals surface area contributed by atoms with E-state index in [0.717, 1.165) is 37.5 Å². The lowest BCUT2D eigenvalue weighted by Crippen LogP contribution is -2.18. The Balaban J connectivity index is 2.35. The highest BCUT2D eigenvalue weighted by atomic mass is 19.1. The Labute approximate surface area is 138 Å². The van der Waals surface area contributed by atoms with E-state index in [0.29, 0.717) is 6.42 Å². The zero-order chi connectivity index (χ0) is 17.1. The summed E-state index contributed by atoms with van der Waals surface area (Å²) in [6, 6.07) is 2.82. The lowest BCUT2D eigenvalue weighted by atomic mass is 10.1. The van der Waals surface area contributed by atoms with E-state index < -0.39 is 17.6 Å². The molecule has 1 rings (SSSR count). The zero-order valence-electron chi connectivity index (χ0n) is 14.2. The predicted octanol–water partition coefficient (Wildman–Crippen LogP) is 6.04. The second kappa shape index (κ2) is 11.1. The predicted molar refractivity (Wildman–Crippen MR) is 88.5 cm³/mol. The van der Waals surface area contributed by atoms with Gasteiger partial charge in [-0.15, -0.1) is 0 Å². The summed E-state index contributed by atoms with van der Waals surface area (Å²) in [7, 11) is 0. The van der Waals surface area contributed by atoms with Crippen molar-refractivity contribution in [3.63, 3.8) is 0 Å². The molecule has 1 aromatic rings. The normalized spacial score (nSPS) is 12.2. The lowest BCUT2D eigenvalue weighted by molar-refractivity contribution is 0.0261. The molecule has 0 aliphatic rings. The van der Waals surface area contributed by atoms with Crippen LogP contribution in [0, 0.1) is 11.6 Å². The molecule has 4 heteroatoms. The molecule has 0 saturated carbocycles. The van der Waals surface area contributed by atoms with E-state index in [1.54, 1.807) is 0 Å². The first kappa shape index (κ1) is 19.6. The molecule has 0 amide bonds. The van der Waals surface area contributed by atoms with Gasteiger partial charge in [0.05, 0.1) is 5.56 Å². The van der Waals surface area contributed by atoms with Crippen LogP contribution in [0.2, 0.25) is 0 Å². The van der Waals surface area contributed by atoms with E-state index >= 15 is 0 Å². The quantitative estimate of drug-likeness (QED) is 0.366. The molecule has 0 bridgehead atoms. The first-order valence-electron chi connectivity index (χ1n) is 8.74. The number of esters is 1. The van der Waals surface area contributed by atoms with Gasteiger partial charge in [-0.2, -0.15) is 0 Å². The highest BCUT2D eigenvalue weighted by Crippen LogP contribution is 2.17. The van der Waals surface area contributed by atoms with E-state index in [4.69, 9.17) is 4.74 Å². The molecule has 0 spiro atoms. The molecule has 0 aliphatic heterocycles. The number of ether oxygens (including phenoxy) is 1. The van der Waals surface area contributed by atoms with E-state index in [1.165, 1.54) is 32.1 Å². The van der Waals surface area contributed by atoms with Crippen LogP contribution in [0.15, 0.2) is 18.2 Å². The molecule has 0 aliphatic carbocycles. The van der Waals surface area contributed by atoms with Crippen LogP contribution in [0.25, 0.3) is 0 Å². The second-order valence-corrected chi connectivity index (χ2v) is 5.97. The molecule has 2 nitrogen and oxygen atoms in total. The highest BCUT2D eigenvalue weighted by molar-refractivity contribution is 5.89. The van der Waals surface area contributed by atoms with Gasteiger partial charge in [-0.05, 0) is 37.5 Å². The number of benzene rings is 1. The van der Waals surface area contributed by atoms with Crippen molar-refractivity contribution in [1.82, 2.24) is 0 Å². The van der Waals surface area contributed by atoms with Crippen LogP contribution in [0.3, 0.4) is 0 Å². The molecule has 0 radical (unpaired) electrons. The molecule has 1 aromatic carbocycles. The number of rotatable bonds is 11. The van der Waals surface area contributed by atoms with Crippen molar-refractivity contribution in [2.24, 2.45) is 0 Å². The molecule has 0 saturated heterocycles. The number of hydrogen-bond acceptors (Lipinski definition) is 2. The van der Waals surface area contributed by atoms with Gasteiger partial charge in [0.1, 0.15) is 17.7 Å². The standard InChI is InChI=1S/C19H28F2O2/c1-3-5-6-7-8-9-10-11-16(4-2)23-19(22)17-14-15(20)12-13-18(17)21/h12-14,16H,3-11H2,1-2H3. The molecule has 0 heterocycles. The highest BCUT2D eigenvalue weighted by Gasteiger charge is 2.18. The van der Waals surface area contributed by atoms with Crippen LogP contribution in [-0.2, 0) is 4.74 Å². The number of carbonyl (C=O) groups is 1. The van der Waals surface area contributed by atoms with Crippen molar-refractivity contribution in [3.8, 4) is 0 Å². The summed E-state index contributed by atoms with van der Waals surface area (Å²) in [5.41, 5.74) is -0.331. The maximum absolute atomic E-state index is 13.6. The fraction of sp³-hybridized carbons (Fsp3) is 0.632. The van der Waals surface area contributed by atoms with Gasteiger partial charge in [0.15, 0.2) is 0 Å². The Morgan fingerprint density at radius 3 is 2.35 bits per heavy atom. The topological polar surface area (TPSA) is 26.3 Å². The summed E-state index contributed by atoms with van der Waals surface area (Å²) < 4.78 is 32.0. The van der Waals surface area contributed by atoms with Crippen molar-refractivity contribution in [1.29, 1.82) is 0 Å². The Morgan fingerprint density at radius 1 is 1.04 bits per heavy atom. The van der Waals surface area contributed by atoms with Gasteiger partial charge in [0.25, 0.3) is 0 Å². The van der Waals surface area contributed by atoms with Crippen LogP contribution in [0.5, 0.6) is 0 Å². The monoisotopic (exact) mass is 326 g/mol. The van der Waals surface area contributed by atoms with Crippen LogP contribution in [0.4, 0.5) is 8.78 Å². The number of halogens is 2. The number of unbranched alkanes of at least 4 members (excludes halogenated alkanes) is 6. The molecule has 0 aromatic heterocycles. The summed E-state index contributed by atoms with van der Waals surface area (Å²) in [4.78, 5) is 12.0. The van der Waals surface area contributed by atoms with Gasteiger partial charge in [-0.3, -0.25) is 0 Å². The van der Waals surface area contributed by atoms with Crippen LogP contribution in [-0.4, -0.2) is 12.1 Å². The third-order valence-electron chi connectivity index (χ3n) is 4.01. The van der Waals surface area contributed by atoms with Gasteiger partial charge < -0.3 is 4.74 Å². The van der Waals surface area contributed by atoms with Gasteiger partial charge in [0, 0.05) is 0 Å². The fourth-order valence-electron chi connectivity index (χ4n) is 2.54. The van der Waals surface area contributed by atoms with Gasteiger partial charge in [0.2, 0.25) is 0 Å². The van der Waals surface area contributed by atoms with Crippen molar-refractivity contribution in [2.75, 3.05) is 0 Å². The maximum Gasteiger partial charge on any atom is 0.341 e. The van der Waals surface area contributed by atoms with E-state index in [1.807, 2.05) is 6.92 Å². The maximum atomic E-state index is 13.6. The molecule has 0 N–H and O–H groups in total. The van der Waals surface area contributed by atoms with Crippen molar-refractivity contribution in [3.05, 3.63) is 35.4 Å². The molecular formula is C19H28F2O2. The minimum atomic E-state index is -0.781. The average molecular weight is 326 g/mol. The van der Waals surface area contributed by atoms with Crippen LogP contribution < -0.4 is 0 Å². The minimum absolute atomic E-state index is 0.235. The van der Waals surface area contributed by atoms with Crippen molar-refractivity contribution >= 4 is 5.97 Å². The van der Waals surface area contributed by atoms with Gasteiger partial charge in [-0.1, -0.05) is 52.4 Å². The van der Waals surface area contributed by atoms with Crippen molar-refractivity contribution in [2.45, 2.75) is 77.7 Å². The molecule has 1 unspecified atom stereocenters. The van der Waals surface area contributed by atoms with Crippen LogP contribution >= 0.6 is 0 Å². The molecule has 23 heavy (non-hydrogen) atoms. The zero-order valence-corrected chi connectivity index (χ0v) is 14.2. The lowest BCUT2D eigenvalue weighted by Gasteiger charge is -2.16. The first-order valence-corrected chi connectivity index (χ1v) is 8.74. The Hall–Kier alpha value is -1.45. The smallest absolute Gasteiger partial charge is 0.341 e. The molecular weight excluding hydrogens is 298 g/mol. The number of carbonyl (C=O) groups excluding carboxylic acids is 1. The minimum Gasteiger partial charge on any atom is -0.459 e. The number of hydrogen-bond donors (Lipinski definition) is 0.